The van der Waals surface area contributed by atoms with Gasteiger partial charge >= 0.3 is 0 Å². The normalized spacial score (nSPS) is 29.9. The van der Waals surface area contributed by atoms with Crippen LogP contribution in [0.25, 0.3) is 0 Å². The van der Waals surface area contributed by atoms with Gasteiger partial charge in [-0.1, -0.05) is 26.7 Å². The van der Waals surface area contributed by atoms with E-state index in [1.807, 2.05) is 0 Å². The van der Waals surface area contributed by atoms with Gasteiger partial charge in [-0.25, -0.2) is 5.06 Å². The summed E-state index contributed by atoms with van der Waals surface area (Å²) in [7, 11) is 0. The van der Waals surface area contributed by atoms with Gasteiger partial charge in [0.25, 0.3) is 0 Å². The first-order chi connectivity index (χ1) is 5.57. The maximum atomic E-state index is 9.24. The molecule has 1 saturated heterocycles. The molecule has 1 atom stereocenters. The fourth-order valence-electron chi connectivity index (χ4n) is 1.78. The van der Waals surface area contributed by atoms with E-state index in [1.165, 1.54) is 12.8 Å². The number of amidine groups is 1. The molecule has 1 unspecified atom stereocenters. The molecule has 1 aliphatic rings. The van der Waals surface area contributed by atoms with Crippen LogP contribution in [-0.2, 0) is 0 Å². The monoisotopic (exact) mass is 170 g/mol. The molecule has 1 heterocycles. The molecule has 12 heavy (non-hydrogen) atoms. The van der Waals surface area contributed by atoms with E-state index >= 15 is 0 Å². The summed E-state index contributed by atoms with van der Waals surface area (Å²) in [5.41, 5.74) is 0.141. The van der Waals surface area contributed by atoms with Gasteiger partial charge in [0.15, 0.2) is 0 Å². The van der Waals surface area contributed by atoms with Gasteiger partial charge in [0.05, 0.1) is 6.54 Å². The van der Waals surface area contributed by atoms with Crippen molar-refractivity contribution in [1.29, 1.82) is 5.41 Å². The molecule has 1 rings (SSSR count). The van der Waals surface area contributed by atoms with Gasteiger partial charge < -0.3 is 0 Å². The number of unbranched alkanes of at least 4 members (excludes halogenated alkanes) is 1. The van der Waals surface area contributed by atoms with E-state index in [1.54, 1.807) is 0 Å². The molecule has 0 bridgehead atoms. The second-order valence-electron chi connectivity index (χ2n) is 4.10. The lowest BCUT2D eigenvalue weighted by Gasteiger charge is -2.21. The Kier molecular flexibility index (Phi) is 2.73. The van der Waals surface area contributed by atoms with Gasteiger partial charge in [0.1, 0.15) is 5.84 Å². The van der Waals surface area contributed by atoms with Crippen molar-refractivity contribution < 1.29 is 5.21 Å². The molecule has 0 radical (unpaired) electrons. The van der Waals surface area contributed by atoms with E-state index in [-0.39, 0.29) is 5.41 Å². The van der Waals surface area contributed by atoms with Crippen LogP contribution in [-0.4, -0.2) is 22.7 Å². The van der Waals surface area contributed by atoms with Crippen molar-refractivity contribution in [3.05, 3.63) is 0 Å². The van der Waals surface area contributed by atoms with Crippen LogP contribution in [0.1, 0.15) is 39.5 Å². The second-order valence-corrected chi connectivity index (χ2v) is 4.10. The highest BCUT2D eigenvalue weighted by Crippen LogP contribution is 2.34. The minimum atomic E-state index is 0.141. The van der Waals surface area contributed by atoms with Crippen LogP contribution in [0.3, 0.4) is 0 Å². The van der Waals surface area contributed by atoms with Crippen LogP contribution in [0.2, 0.25) is 0 Å². The van der Waals surface area contributed by atoms with Gasteiger partial charge in [-0.3, -0.25) is 10.6 Å². The Morgan fingerprint density at radius 1 is 1.67 bits per heavy atom. The first-order valence-corrected chi connectivity index (χ1v) is 4.61. The quantitative estimate of drug-likeness (QED) is 0.682. The van der Waals surface area contributed by atoms with Crippen LogP contribution in [0.4, 0.5) is 0 Å². The Hall–Kier alpha value is -0.570. The fourth-order valence-corrected chi connectivity index (χ4v) is 1.78. The molecule has 1 aliphatic heterocycles. The standard InChI is InChI=1S/C9H18N2O/c1-3-4-5-9(2)6-8(10)11(12)7-9/h10,12H,3-7H2,1-2H3. The summed E-state index contributed by atoms with van der Waals surface area (Å²) in [6.45, 7) is 4.94. The lowest BCUT2D eigenvalue weighted by atomic mass is 9.84. The molecule has 0 aromatic rings. The van der Waals surface area contributed by atoms with Crippen molar-refractivity contribution in [2.75, 3.05) is 6.54 Å². The van der Waals surface area contributed by atoms with Crippen molar-refractivity contribution in [2.24, 2.45) is 5.41 Å². The zero-order valence-corrected chi connectivity index (χ0v) is 7.93. The minimum absolute atomic E-state index is 0.141. The third kappa shape index (κ3) is 1.97. The molecule has 0 aromatic carbocycles. The molecule has 1 fully saturated rings. The number of hydroxylamine groups is 2. The van der Waals surface area contributed by atoms with E-state index in [4.69, 9.17) is 5.41 Å². The molecule has 0 aliphatic carbocycles. The highest BCUT2D eigenvalue weighted by Gasteiger charge is 2.35. The maximum Gasteiger partial charge on any atom is 0.121 e. The molecule has 3 heteroatoms. The smallest absolute Gasteiger partial charge is 0.121 e. The lowest BCUT2D eigenvalue weighted by Crippen LogP contribution is -2.23. The Bertz CT molecular complexity index is 181. The molecule has 70 valence electrons. The average molecular weight is 170 g/mol. The van der Waals surface area contributed by atoms with E-state index < -0.39 is 0 Å². The molecule has 0 saturated carbocycles. The van der Waals surface area contributed by atoms with Gasteiger partial charge in [0.2, 0.25) is 0 Å². The van der Waals surface area contributed by atoms with Crippen LogP contribution in [0.5, 0.6) is 0 Å². The Balaban J connectivity index is 2.46. The van der Waals surface area contributed by atoms with Gasteiger partial charge in [-0.15, -0.1) is 0 Å². The first-order valence-electron chi connectivity index (χ1n) is 4.61. The molecular formula is C9H18N2O. The summed E-state index contributed by atoms with van der Waals surface area (Å²) >= 11 is 0. The number of rotatable bonds is 3. The highest BCUT2D eigenvalue weighted by molar-refractivity contribution is 5.80. The summed E-state index contributed by atoms with van der Waals surface area (Å²) in [5.74, 6) is 0.369. The minimum Gasteiger partial charge on any atom is -0.287 e. The Morgan fingerprint density at radius 2 is 2.33 bits per heavy atom. The number of hydrogen-bond donors (Lipinski definition) is 2. The molecule has 2 N–H and O–H groups in total. The average Bonchev–Trinajstić information content (AvgIpc) is 2.24. The number of hydrogen-bond acceptors (Lipinski definition) is 2. The number of nitrogens with zero attached hydrogens (tertiary/aromatic N) is 1. The van der Waals surface area contributed by atoms with Crippen molar-refractivity contribution in [2.45, 2.75) is 39.5 Å². The predicted octanol–water partition coefficient (Wildman–Crippen LogP) is 2.26. The largest absolute Gasteiger partial charge is 0.287 e. The third-order valence-corrected chi connectivity index (χ3v) is 2.57. The zero-order chi connectivity index (χ0) is 9.19. The summed E-state index contributed by atoms with van der Waals surface area (Å²) in [6.07, 6.45) is 4.22. The van der Waals surface area contributed by atoms with Crippen LogP contribution in [0.15, 0.2) is 0 Å². The first kappa shape index (κ1) is 9.52. The predicted molar refractivity (Wildman–Crippen MR) is 48.5 cm³/mol. The molecular weight excluding hydrogens is 152 g/mol. The summed E-state index contributed by atoms with van der Waals surface area (Å²) in [4.78, 5) is 0. The van der Waals surface area contributed by atoms with Crippen molar-refractivity contribution in [3.8, 4) is 0 Å². The van der Waals surface area contributed by atoms with Crippen LogP contribution < -0.4 is 0 Å². The van der Waals surface area contributed by atoms with E-state index in [2.05, 4.69) is 13.8 Å². The van der Waals surface area contributed by atoms with E-state index in [0.29, 0.717) is 12.4 Å². The van der Waals surface area contributed by atoms with E-state index in [9.17, 15) is 5.21 Å². The Labute approximate surface area is 73.8 Å². The molecule has 0 spiro atoms. The second kappa shape index (κ2) is 3.44. The summed E-state index contributed by atoms with van der Waals surface area (Å²) < 4.78 is 0. The van der Waals surface area contributed by atoms with Gasteiger partial charge in [-0.2, -0.15) is 0 Å². The fraction of sp³-hybridized carbons (Fsp3) is 0.889. The zero-order valence-electron chi connectivity index (χ0n) is 7.93. The van der Waals surface area contributed by atoms with Crippen LogP contribution in [0, 0.1) is 10.8 Å². The topological polar surface area (TPSA) is 47.3 Å². The number of nitrogens with one attached hydrogen (secondary N) is 1. The maximum absolute atomic E-state index is 9.24. The summed E-state index contributed by atoms with van der Waals surface area (Å²) in [6, 6.07) is 0. The van der Waals surface area contributed by atoms with E-state index in [0.717, 1.165) is 17.9 Å². The Morgan fingerprint density at radius 3 is 2.75 bits per heavy atom. The highest BCUT2D eigenvalue weighted by atomic mass is 16.5. The van der Waals surface area contributed by atoms with Gasteiger partial charge in [0, 0.05) is 6.42 Å². The molecule has 0 amide bonds. The molecule has 3 nitrogen and oxygen atoms in total. The lowest BCUT2D eigenvalue weighted by molar-refractivity contribution is -0.0230. The SMILES string of the molecule is CCCCC1(C)CC(=N)N(O)C1. The third-order valence-electron chi connectivity index (χ3n) is 2.57. The van der Waals surface area contributed by atoms with Crippen LogP contribution >= 0.6 is 0 Å². The van der Waals surface area contributed by atoms with Crippen molar-refractivity contribution >= 4 is 5.84 Å². The van der Waals surface area contributed by atoms with Crippen molar-refractivity contribution in [3.63, 3.8) is 0 Å². The van der Waals surface area contributed by atoms with Crippen molar-refractivity contribution in [1.82, 2.24) is 5.06 Å². The van der Waals surface area contributed by atoms with Gasteiger partial charge in [-0.05, 0) is 11.8 Å². The summed E-state index contributed by atoms with van der Waals surface area (Å²) in [5, 5.41) is 17.7. The molecule has 0 aromatic heterocycles.